The van der Waals surface area contributed by atoms with Crippen LogP contribution in [0, 0.1) is 11.3 Å². The van der Waals surface area contributed by atoms with Gasteiger partial charge in [0.15, 0.2) is 26.5 Å². The normalized spacial score (nSPS) is 23.7. The Bertz CT molecular complexity index is 990. The Labute approximate surface area is 182 Å². The fourth-order valence-corrected chi connectivity index (χ4v) is 7.74. The van der Waals surface area contributed by atoms with Crippen molar-refractivity contribution in [2.75, 3.05) is 29.6 Å². The number of anilines is 1. The number of aliphatic imine (C=N–C) groups is 1. The minimum absolute atomic E-state index is 0.0251. The minimum Gasteiger partial charge on any atom is -0.490 e. The van der Waals surface area contributed by atoms with Crippen LogP contribution in [0.25, 0.3) is 0 Å². The molecule has 0 unspecified atom stereocenters. The van der Waals surface area contributed by atoms with Gasteiger partial charge in [-0.2, -0.15) is 10.3 Å². The number of carbonyl (C=O) groups excluding carboxylic acids is 1. The Kier molecular flexibility index (Phi) is 6.76. The molecule has 0 aliphatic carbocycles. The molecule has 2 fully saturated rings. The zero-order valence-electron chi connectivity index (χ0n) is 15.9. The number of nitriles is 1. The number of halogens is 1. The highest BCUT2D eigenvalue weighted by atomic mass is 79.9. The molecule has 0 bridgehead atoms. The number of amides is 1. The van der Waals surface area contributed by atoms with Crippen LogP contribution in [-0.2, 0) is 14.6 Å². The molecule has 2 atom stereocenters. The minimum atomic E-state index is -3.18. The third-order valence-electron chi connectivity index (χ3n) is 4.39. The molecule has 29 heavy (non-hydrogen) atoms. The zero-order valence-corrected chi connectivity index (χ0v) is 19.1. The number of ether oxygens (including phenoxy) is 2. The number of amidine groups is 1. The van der Waals surface area contributed by atoms with Crippen molar-refractivity contribution in [1.82, 2.24) is 0 Å². The first kappa shape index (κ1) is 21.9. The van der Waals surface area contributed by atoms with Crippen LogP contribution in [0.3, 0.4) is 0 Å². The summed E-state index contributed by atoms with van der Waals surface area (Å²) in [6.45, 7) is 4.62. The van der Waals surface area contributed by atoms with Gasteiger partial charge in [0.25, 0.3) is 5.91 Å². The van der Waals surface area contributed by atoms with Crippen LogP contribution < -0.4 is 14.4 Å². The van der Waals surface area contributed by atoms with E-state index in [2.05, 4.69) is 20.9 Å². The third kappa shape index (κ3) is 4.70. The number of rotatable bonds is 6. The van der Waals surface area contributed by atoms with Crippen molar-refractivity contribution < 1.29 is 22.7 Å². The number of hydrogen-bond acceptors (Lipinski definition) is 7. The molecule has 3 rings (SSSR count). The van der Waals surface area contributed by atoms with E-state index in [1.54, 1.807) is 23.1 Å². The fraction of sp³-hybridized carbons (Fsp3) is 0.500. The first-order chi connectivity index (χ1) is 13.8. The average Bonchev–Trinajstić information content (AvgIpc) is 3.09. The van der Waals surface area contributed by atoms with E-state index in [0.717, 1.165) is 0 Å². The van der Waals surface area contributed by atoms with Gasteiger partial charge in [0.05, 0.1) is 42.5 Å². The van der Waals surface area contributed by atoms with Gasteiger partial charge < -0.3 is 14.4 Å². The third-order valence-corrected chi connectivity index (χ3v) is 8.23. The predicted molar refractivity (Wildman–Crippen MR) is 115 cm³/mol. The van der Waals surface area contributed by atoms with Gasteiger partial charge in [-0.3, -0.25) is 4.79 Å². The van der Waals surface area contributed by atoms with Gasteiger partial charge in [0, 0.05) is 21.9 Å². The quantitative estimate of drug-likeness (QED) is 0.584. The lowest BCUT2D eigenvalue weighted by Gasteiger charge is -2.26. The molecule has 8 nitrogen and oxygen atoms in total. The predicted octanol–water partition coefficient (Wildman–Crippen LogP) is 2.76. The average molecular weight is 502 g/mol. The molecule has 2 saturated heterocycles. The Balaban J connectivity index is 2.09. The van der Waals surface area contributed by atoms with E-state index in [0.29, 0.717) is 40.0 Å². The number of thioether (sulfide) groups is 1. The zero-order chi connectivity index (χ0) is 21.2. The van der Waals surface area contributed by atoms with Crippen molar-refractivity contribution in [3.05, 3.63) is 16.6 Å². The maximum atomic E-state index is 12.2. The van der Waals surface area contributed by atoms with Crippen LogP contribution in [-0.4, -0.2) is 55.5 Å². The van der Waals surface area contributed by atoms with Crippen LogP contribution in [0.4, 0.5) is 5.69 Å². The summed E-state index contributed by atoms with van der Waals surface area (Å²) in [4.78, 5) is 17.8. The van der Waals surface area contributed by atoms with Gasteiger partial charge in [-0.25, -0.2) is 8.42 Å². The topological polar surface area (TPSA) is 109 Å². The Morgan fingerprint density at radius 1 is 1.31 bits per heavy atom. The smallest absolute Gasteiger partial charge is 0.262 e. The van der Waals surface area contributed by atoms with Crippen LogP contribution >= 0.6 is 27.7 Å². The van der Waals surface area contributed by atoms with Gasteiger partial charge in [-0.1, -0.05) is 11.8 Å². The summed E-state index contributed by atoms with van der Waals surface area (Å²) in [6, 6.07) is 4.96. The second-order valence-electron chi connectivity index (χ2n) is 6.41. The highest BCUT2D eigenvalue weighted by molar-refractivity contribution is 9.10. The van der Waals surface area contributed by atoms with Crippen molar-refractivity contribution in [3.8, 4) is 17.6 Å². The van der Waals surface area contributed by atoms with Crippen molar-refractivity contribution in [2.24, 2.45) is 4.99 Å². The lowest BCUT2D eigenvalue weighted by Crippen LogP contribution is -2.38. The SMILES string of the molecule is CCOc1cc(Br)c(N2C(=NC(=O)CC#N)S[C@@H]3CS(=O)(=O)C[C@H]32)cc1OCC. The van der Waals surface area contributed by atoms with E-state index >= 15 is 0 Å². The van der Waals surface area contributed by atoms with Crippen LogP contribution in [0.5, 0.6) is 11.5 Å². The molecule has 156 valence electrons. The molecule has 0 radical (unpaired) electrons. The highest BCUT2D eigenvalue weighted by Crippen LogP contribution is 2.46. The molecule has 2 aliphatic heterocycles. The van der Waals surface area contributed by atoms with E-state index in [9.17, 15) is 13.2 Å². The number of carbonyl (C=O) groups is 1. The maximum Gasteiger partial charge on any atom is 0.262 e. The van der Waals surface area contributed by atoms with E-state index in [-0.39, 0.29) is 29.2 Å². The molecule has 1 amide bonds. The molecule has 1 aromatic rings. The number of benzene rings is 1. The largest absolute Gasteiger partial charge is 0.490 e. The summed E-state index contributed by atoms with van der Waals surface area (Å²) >= 11 is 4.79. The molecule has 0 N–H and O–H groups in total. The Hall–Kier alpha value is -1.77. The van der Waals surface area contributed by atoms with Crippen molar-refractivity contribution >= 4 is 54.3 Å². The lowest BCUT2D eigenvalue weighted by molar-refractivity contribution is -0.116. The summed E-state index contributed by atoms with van der Waals surface area (Å²) in [6.07, 6.45) is -0.333. The summed E-state index contributed by atoms with van der Waals surface area (Å²) < 4.78 is 36.4. The second-order valence-corrected chi connectivity index (χ2v) is 10.6. The molecule has 1 aromatic carbocycles. The van der Waals surface area contributed by atoms with E-state index < -0.39 is 15.7 Å². The van der Waals surface area contributed by atoms with Gasteiger partial charge >= 0.3 is 0 Å². The standard InChI is InChI=1S/C18H20BrN3O5S2/c1-3-26-14-7-11(19)12(8-15(14)27-4-2)22-13-9-29(24,25)10-16(13)28-18(22)21-17(23)5-6-20/h7-8,13,16H,3-5,9-10H2,1-2H3/t13-,16-/m1/s1. The van der Waals surface area contributed by atoms with E-state index in [4.69, 9.17) is 14.7 Å². The number of sulfone groups is 1. The monoisotopic (exact) mass is 501 g/mol. The van der Waals surface area contributed by atoms with Crippen LogP contribution in [0.15, 0.2) is 21.6 Å². The molecule has 0 aromatic heterocycles. The van der Waals surface area contributed by atoms with Crippen molar-refractivity contribution in [3.63, 3.8) is 0 Å². The molecule has 0 spiro atoms. The number of hydrogen-bond donors (Lipinski definition) is 0. The van der Waals surface area contributed by atoms with Gasteiger partial charge in [-0.15, -0.1) is 0 Å². The van der Waals surface area contributed by atoms with Gasteiger partial charge in [0.2, 0.25) is 0 Å². The van der Waals surface area contributed by atoms with E-state index in [1.165, 1.54) is 11.8 Å². The first-order valence-corrected chi connectivity index (χ1v) is 12.5. The van der Waals surface area contributed by atoms with Crippen molar-refractivity contribution in [2.45, 2.75) is 31.6 Å². The fourth-order valence-electron chi connectivity index (χ4n) is 3.31. The van der Waals surface area contributed by atoms with Gasteiger partial charge in [-0.05, 0) is 29.8 Å². The van der Waals surface area contributed by atoms with Crippen LogP contribution in [0.1, 0.15) is 20.3 Å². The summed E-state index contributed by atoms with van der Waals surface area (Å²) in [5.41, 5.74) is 0.637. The van der Waals surface area contributed by atoms with Crippen molar-refractivity contribution in [1.29, 1.82) is 5.26 Å². The summed E-state index contributed by atoms with van der Waals surface area (Å²) in [5, 5.41) is 8.92. The molecular formula is C18H20BrN3O5S2. The molecule has 2 aliphatic rings. The van der Waals surface area contributed by atoms with Gasteiger partial charge in [0.1, 0.15) is 6.42 Å². The summed E-state index contributed by atoms with van der Waals surface area (Å²) in [5.74, 6) is 0.516. The Morgan fingerprint density at radius 3 is 2.59 bits per heavy atom. The molecule has 2 heterocycles. The van der Waals surface area contributed by atoms with Crippen LogP contribution in [0.2, 0.25) is 0 Å². The molecule has 0 saturated carbocycles. The van der Waals surface area contributed by atoms with E-state index in [1.807, 2.05) is 13.8 Å². The highest BCUT2D eigenvalue weighted by Gasteiger charge is 2.50. The Morgan fingerprint density at radius 2 is 1.97 bits per heavy atom. The first-order valence-electron chi connectivity index (χ1n) is 9.03. The summed E-state index contributed by atoms with van der Waals surface area (Å²) in [7, 11) is -3.18. The number of nitrogens with zero attached hydrogens (tertiary/aromatic N) is 3. The molecular weight excluding hydrogens is 482 g/mol. The second kappa shape index (κ2) is 8.93. The maximum absolute atomic E-state index is 12.2. The molecule has 11 heteroatoms. The number of fused-ring (bicyclic) bond motifs is 1. The lowest BCUT2D eigenvalue weighted by atomic mass is 10.2.